The normalized spacial score (nSPS) is 11.2. The van der Waals surface area contributed by atoms with Crippen molar-refractivity contribution >= 4 is 45.0 Å². The number of halogens is 1. The molecule has 2 rings (SSSR count). The number of methoxy groups -OCH3 is 1. The summed E-state index contributed by atoms with van der Waals surface area (Å²) in [5.74, 6) is 0.912. The summed E-state index contributed by atoms with van der Waals surface area (Å²) in [4.78, 5) is 13.5. The molecule has 0 aliphatic rings. The van der Waals surface area contributed by atoms with Crippen molar-refractivity contribution in [2.45, 2.75) is 18.2 Å². The Morgan fingerprint density at radius 2 is 1.90 bits per heavy atom. The van der Waals surface area contributed by atoms with Crippen molar-refractivity contribution in [3.05, 3.63) is 53.1 Å². The van der Waals surface area contributed by atoms with Crippen LogP contribution in [0, 0.1) is 6.92 Å². The fourth-order valence-corrected chi connectivity index (χ4v) is 4.47. The van der Waals surface area contributed by atoms with Crippen LogP contribution in [0.15, 0.2) is 47.4 Å². The molecule has 29 heavy (non-hydrogen) atoms. The van der Waals surface area contributed by atoms with E-state index in [1.165, 1.54) is 23.6 Å². The quantitative estimate of drug-likeness (QED) is 0.435. The lowest BCUT2D eigenvalue weighted by molar-refractivity contribution is -0.119. The van der Waals surface area contributed by atoms with E-state index >= 15 is 0 Å². The lowest BCUT2D eigenvalue weighted by Crippen LogP contribution is -2.40. The van der Waals surface area contributed by atoms with Crippen molar-refractivity contribution < 1.29 is 17.9 Å². The molecule has 0 bridgehead atoms. The van der Waals surface area contributed by atoms with E-state index in [9.17, 15) is 13.2 Å². The molecule has 9 heteroatoms. The zero-order chi connectivity index (χ0) is 21.4. The molecule has 0 saturated heterocycles. The minimum Gasteiger partial charge on any atom is -0.495 e. The number of hydrogen-bond acceptors (Lipinski definition) is 5. The lowest BCUT2D eigenvalue weighted by atomic mass is 10.2. The van der Waals surface area contributed by atoms with E-state index in [1.54, 1.807) is 23.9 Å². The average molecular weight is 457 g/mol. The fraction of sp³-hybridized carbons (Fsp3) is 0.350. The van der Waals surface area contributed by atoms with Crippen LogP contribution >= 0.6 is 23.4 Å². The van der Waals surface area contributed by atoms with Crippen molar-refractivity contribution in [2.24, 2.45) is 0 Å². The van der Waals surface area contributed by atoms with Gasteiger partial charge in [0.2, 0.25) is 15.9 Å². The van der Waals surface area contributed by atoms with E-state index in [4.69, 9.17) is 16.3 Å². The van der Waals surface area contributed by atoms with Crippen LogP contribution < -0.4 is 14.4 Å². The van der Waals surface area contributed by atoms with Crippen molar-refractivity contribution in [1.82, 2.24) is 5.32 Å². The van der Waals surface area contributed by atoms with Gasteiger partial charge in [-0.05, 0) is 49.4 Å². The zero-order valence-corrected chi connectivity index (χ0v) is 19.0. The number of carbonyl (C=O) groups is 1. The lowest BCUT2D eigenvalue weighted by Gasteiger charge is -2.22. The highest BCUT2D eigenvalue weighted by molar-refractivity contribution is 7.99. The van der Waals surface area contributed by atoms with Crippen LogP contribution in [-0.2, 0) is 14.8 Å². The smallest absolute Gasteiger partial charge is 0.240 e. The highest BCUT2D eigenvalue weighted by Gasteiger charge is 2.21. The number of hydrogen-bond donors (Lipinski definition) is 1. The van der Waals surface area contributed by atoms with E-state index < -0.39 is 10.0 Å². The number of thioether (sulfide) groups is 1. The number of rotatable bonds is 10. The van der Waals surface area contributed by atoms with Crippen LogP contribution in [0.2, 0.25) is 5.02 Å². The van der Waals surface area contributed by atoms with E-state index in [-0.39, 0.29) is 17.5 Å². The Labute approximate surface area is 181 Å². The van der Waals surface area contributed by atoms with Crippen molar-refractivity contribution in [1.29, 1.82) is 0 Å². The van der Waals surface area contributed by atoms with Gasteiger partial charge in [0, 0.05) is 11.4 Å². The maximum Gasteiger partial charge on any atom is 0.240 e. The number of carbonyl (C=O) groups excluding carboxylic acids is 1. The van der Waals surface area contributed by atoms with Crippen LogP contribution in [0.1, 0.15) is 12.0 Å². The Bertz CT molecular complexity index is 934. The molecule has 0 saturated carbocycles. The molecule has 0 aliphatic heterocycles. The minimum atomic E-state index is -3.66. The summed E-state index contributed by atoms with van der Waals surface area (Å²) >= 11 is 7.81. The molecule has 2 aromatic rings. The minimum absolute atomic E-state index is 0.271. The van der Waals surface area contributed by atoms with Gasteiger partial charge in [0.25, 0.3) is 0 Å². The largest absolute Gasteiger partial charge is 0.495 e. The number of sulfonamides is 1. The first-order valence-electron chi connectivity index (χ1n) is 8.98. The van der Waals surface area contributed by atoms with Crippen molar-refractivity contribution in [3.63, 3.8) is 0 Å². The van der Waals surface area contributed by atoms with Gasteiger partial charge in [-0.2, -0.15) is 0 Å². The maximum atomic E-state index is 12.3. The predicted molar refractivity (Wildman–Crippen MR) is 120 cm³/mol. The third-order valence-electron chi connectivity index (χ3n) is 4.04. The Morgan fingerprint density at radius 1 is 1.21 bits per heavy atom. The van der Waals surface area contributed by atoms with Gasteiger partial charge in [-0.1, -0.05) is 29.3 Å². The maximum absolute atomic E-state index is 12.3. The highest BCUT2D eigenvalue weighted by atomic mass is 35.5. The number of ether oxygens (including phenoxy) is 1. The Kier molecular flexibility index (Phi) is 8.67. The first kappa shape index (κ1) is 23.4. The summed E-state index contributed by atoms with van der Waals surface area (Å²) in [6.07, 6.45) is 1.83. The number of amides is 1. The molecule has 2 aromatic carbocycles. The highest BCUT2D eigenvalue weighted by Crippen LogP contribution is 2.30. The summed E-state index contributed by atoms with van der Waals surface area (Å²) in [7, 11) is -2.18. The topological polar surface area (TPSA) is 75.7 Å². The number of nitrogens with one attached hydrogen (secondary N) is 1. The van der Waals surface area contributed by atoms with E-state index in [0.29, 0.717) is 18.0 Å². The number of nitrogens with zero attached hydrogens (tertiary/aromatic N) is 1. The third-order valence-corrected chi connectivity index (χ3v) is 6.58. The van der Waals surface area contributed by atoms with Crippen LogP contribution in [0.25, 0.3) is 0 Å². The summed E-state index contributed by atoms with van der Waals surface area (Å²) in [6.45, 7) is 2.20. The first-order valence-corrected chi connectivity index (χ1v) is 12.2. The summed E-state index contributed by atoms with van der Waals surface area (Å²) < 4.78 is 30.4. The SMILES string of the molecule is COc1ccc(N(CC(=O)NCCCSc2ccc(C)cc2)S(C)(=O)=O)cc1Cl. The second-order valence-corrected chi connectivity index (χ2v) is 9.94. The van der Waals surface area contributed by atoms with Crippen LogP contribution in [0.3, 0.4) is 0 Å². The second-order valence-electron chi connectivity index (χ2n) is 6.45. The molecule has 158 valence electrons. The summed E-state index contributed by atoms with van der Waals surface area (Å²) in [5.41, 5.74) is 1.53. The Balaban J connectivity index is 1.87. The van der Waals surface area contributed by atoms with Gasteiger partial charge in [-0.15, -0.1) is 11.8 Å². The molecule has 0 spiro atoms. The summed E-state index contributed by atoms with van der Waals surface area (Å²) in [5, 5.41) is 3.04. The molecule has 1 amide bonds. The van der Waals surface area contributed by atoms with Gasteiger partial charge >= 0.3 is 0 Å². The Morgan fingerprint density at radius 3 is 2.48 bits per heavy atom. The molecule has 6 nitrogen and oxygen atoms in total. The van der Waals surface area contributed by atoms with Gasteiger partial charge in [0.05, 0.1) is 24.1 Å². The predicted octanol–water partition coefficient (Wildman–Crippen LogP) is 3.72. The van der Waals surface area contributed by atoms with E-state index in [0.717, 1.165) is 22.7 Å². The number of anilines is 1. The van der Waals surface area contributed by atoms with Gasteiger partial charge in [-0.25, -0.2) is 8.42 Å². The third kappa shape index (κ3) is 7.45. The molecule has 0 unspecified atom stereocenters. The standard InChI is InChI=1S/C20H25ClN2O4S2/c1-15-5-8-17(9-6-15)28-12-4-11-22-20(24)14-23(29(3,25)26)16-7-10-19(27-2)18(21)13-16/h5-10,13H,4,11-12,14H2,1-3H3,(H,22,24). The van der Waals surface area contributed by atoms with Crippen LogP contribution in [0.5, 0.6) is 5.75 Å². The number of aryl methyl sites for hydroxylation is 1. The van der Waals surface area contributed by atoms with Gasteiger partial charge in [0.1, 0.15) is 12.3 Å². The van der Waals surface area contributed by atoms with Gasteiger partial charge in [-0.3, -0.25) is 9.10 Å². The molecule has 0 fully saturated rings. The van der Waals surface area contributed by atoms with Crippen LogP contribution in [0.4, 0.5) is 5.69 Å². The van der Waals surface area contributed by atoms with Crippen molar-refractivity contribution in [3.8, 4) is 5.75 Å². The molecular weight excluding hydrogens is 432 g/mol. The second kappa shape index (κ2) is 10.8. The molecule has 0 aromatic heterocycles. The number of benzene rings is 2. The van der Waals surface area contributed by atoms with Gasteiger partial charge < -0.3 is 10.1 Å². The van der Waals surface area contributed by atoms with Crippen LogP contribution in [-0.4, -0.2) is 46.5 Å². The van der Waals surface area contributed by atoms with Gasteiger partial charge in [0.15, 0.2) is 0 Å². The molecule has 0 atom stereocenters. The first-order chi connectivity index (χ1) is 13.7. The molecule has 0 radical (unpaired) electrons. The molecule has 0 heterocycles. The molecule has 1 N–H and O–H groups in total. The van der Waals surface area contributed by atoms with Crippen molar-refractivity contribution in [2.75, 3.05) is 36.5 Å². The molecular formula is C20H25ClN2O4S2. The average Bonchev–Trinajstić information content (AvgIpc) is 2.66. The van der Waals surface area contributed by atoms with E-state index in [1.807, 2.05) is 6.92 Å². The summed E-state index contributed by atoms with van der Waals surface area (Å²) in [6, 6.07) is 12.9. The Hall–Kier alpha value is -1.90. The van der Waals surface area contributed by atoms with E-state index in [2.05, 4.69) is 29.6 Å². The molecule has 0 aliphatic carbocycles. The monoisotopic (exact) mass is 456 g/mol. The zero-order valence-electron chi connectivity index (χ0n) is 16.6. The fourth-order valence-electron chi connectivity index (χ4n) is 2.52.